The molecule has 0 aliphatic carbocycles. The van der Waals surface area contributed by atoms with E-state index in [1.165, 1.54) is 6.20 Å². The molecule has 2 heterocycles. The van der Waals surface area contributed by atoms with Crippen molar-refractivity contribution in [1.29, 1.82) is 0 Å². The molecule has 0 radical (unpaired) electrons. The first-order chi connectivity index (χ1) is 7.68. The van der Waals surface area contributed by atoms with E-state index in [2.05, 4.69) is 15.5 Å². The lowest BCUT2D eigenvalue weighted by Crippen LogP contribution is -2.12. The number of nitrogens with zero attached hydrogens (tertiary/aromatic N) is 2. The zero-order valence-corrected chi connectivity index (χ0v) is 9.02. The monoisotopic (exact) mass is 217 g/mol. The summed E-state index contributed by atoms with van der Waals surface area (Å²) < 4.78 is 4.95. The van der Waals surface area contributed by atoms with Gasteiger partial charge in [0.1, 0.15) is 5.76 Å². The van der Waals surface area contributed by atoms with Gasteiger partial charge in [0, 0.05) is 18.0 Å². The number of carbonyl (C=O) groups excluding carboxylic acids is 1. The van der Waals surface area contributed by atoms with Crippen molar-refractivity contribution >= 4 is 11.7 Å². The molecule has 0 saturated heterocycles. The zero-order chi connectivity index (χ0) is 11.5. The fourth-order valence-corrected chi connectivity index (χ4v) is 1.21. The fraction of sp³-hybridized carbons (Fsp3) is 0.182. The van der Waals surface area contributed by atoms with Crippen molar-refractivity contribution in [3.05, 3.63) is 41.4 Å². The van der Waals surface area contributed by atoms with E-state index in [9.17, 15) is 4.79 Å². The molecule has 2 rings (SSSR count). The summed E-state index contributed by atoms with van der Waals surface area (Å²) in [5.74, 6) is 0.900. The van der Waals surface area contributed by atoms with E-state index in [1.54, 1.807) is 25.3 Å². The van der Waals surface area contributed by atoms with E-state index in [1.807, 2.05) is 6.92 Å². The molecule has 5 nitrogen and oxygen atoms in total. The maximum Gasteiger partial charge on any atom is 0.258 e. The van der Waals surface area contributed by atoms with Crippen LogP contribution in [0.2, 0.25) is 0 Å². The average molecular weight is 217 g/mol. The van der Waals surface area contributed by atoms with Gasteiger partial charge in [-0.1, -0.05) is 5.16 Å². The van der Waals surface area contributed by atoms with E-state index in [0.717, 1.165) is 5.56 Å². The van der Waals surface area contributed by atoms with Crippen molar-refractivity contribution in [3.63, 3.8) is 0 Å². The van der Waals surface area contributed by atoms with E-state index >= 15 is 0 Å². The highest BCUT2D eigenvalue weighted by molar-refractivity contribution is 6.03. The summed E-state index contributed by atoms with van der Waals surface area (Å²) in [6, 6.07) is 3.39. The number of rotatable bonds is 2. The van der Waals surface area contributed by atoms with Crippen LogP contribution in [0.3, 0.4) is 0 Å². The second kappa shape index (κ2) is 4.14. The summed E-state index contributed by atoms with van der Waals surface area (Å²) in [6.07, 6.45) is 3.11. The molecule has 2 aromatic rings. The van der Waals surface area contributed by atoms with E-state index in [-0.39, 0.29) is 5.91 Å². The van der Waals surface area contributed by atoms with Gasteiger partial charge in [0.15, 0.2) is 5.82 Å². The number of pyridine rings is 1. The number of anilines is 1. The average Bonchev–Trinajstić information content (AvgIpc) is 2.62. The van der Waals surface area contributed by atoms with Crippen LogP contribution in [0.1, 0.15) is 21.7 Å². The minimum absolute atomic E-state index is 0.246. The molecule has 16 heavy (non-hydrogen) atoms. The van der Waals surface area contributed by atoms with Crippen molar-refractivity contribution in [2.45, 2.75) is 13.8 Å². The predicted octanol–water partition coefficient (Wildman–Crippen LogP) is 1.94. The van der Waals surface area contributed by atoms with Crippen LogP contribution in [0.25, 0.3) is 0 Å². The Kier molecular flexibility index (Phi) is 2.68. The minimum atomic E-state index is -0.246. The van der Waals surface area contributed by atoms with Gasteiger partial charge in [-0.25, -0.2) is 0 Å². The highest BCUT2D eigenvalue weighted by atomic mass is 16.5. The quantitative estimate of drug-likeness (QED) is 0.834. The molecule has 0 aliphatic heterocycles. The third-order valence-electron chi connectivity index (χ3n) is 2.31. The van der Waals surface area contributed by atoms with Crippen LogP contribution in [0, 0.1) is 13.8 Å². The van der Waals surface area contributed by atoms with Gasteiger partial charge < -0.3 is 9.84 Å². The molecule has 0 unspecified atom stereocenters. The van der Waals surface area contributed by atoms with Crippen LogP contribution in [0.15, 0.2) is 29.0 Å². The van der Waals surface area contributed by atoms with Gasteiger partial charge in [-0.05, 0) is 26.0 Å². The molecule has 1 amide bonds. The maximum atomic E-state index is 11.7. The van der Waals surface area contributed by atoms with Gasteiger partial charge in [0.25, 0.3) is 5.91 Å². The Hall–Kier alpha value is -2.17. The molecule has 0 bridgehead atoms. The van der Waals surface area contributed by atoms with Crippen molar-refractivity contribution in [3.8, 4) is 0 Å². The molecule has 0 aliphatic rings. The molecule has 5 heteroatoms. The molecular weight excluding hydrogens is 206 g/mol. The smallest absolute Gasteiger partial charge is 0.258 e. The van der Waals surface area contributed by atoms with Crippen molar-refractivity contribution in [2.75, 3.05) is 5.32 Å². The number of hydrogen-bond acceptors (Lipinski definition) is 4. The SMILES string of the molecule is Cc1onc(NC(=O)c2cccnc2)c1C. The first-order valence-electron chi connectivity index (χ1n) is 4.82. The Bertz CT molecular complexity index is 505. The number of hydrogen-bond donors (Lipinski definition) is 1. The number of aryl methyl sites for hydroxylation is 1. The molecule has 0 atom stereocenters. The van der Waals surface area contributed by atoms with Crippen molar-refractivity contribution in [2.24, 2.45) is 0 Å². The molecule has 1 N–H and O–H groups in total. The zero-order valence-electron chi connectivity index (χ0n) is 9.02. The second-order valence-electron chi connectivity index (χ2n) is 3.41. The normalized spacial score (nSPS) is 10.1. The van der Waals surface area contributed by atoms with Crippen LogP contribution in [0.5, 0.6) is 0 Å². The van der Waals surface area contributed by atoms with Crippen LogP contribution < -0.4 is 5.32 Å². The third-order valence-corrected chi connectivity index (χ3v) is 2.31. The van der Waals surface area contributed by atoms with Gasteiger partial charge >= 0.3 is 0 Å². The highest BCUT2D eigenvalue weighted by Gasteiger charge is 2.12. The van der Waals surface area contributed by atoms with Crippen LogP contribution >= 0.6 is 0 Å². The summed E-state index contributed by atoms with van der Waals surface area (Å²) in [7, 11) is 0. The maximum absolute atomic E-state index is 11.7. The Labute approximate surface area is 92.5 Å². The lowest BCUT2D eigenvalue weighted by molar-refractivity contribution is 0.102. The fourth-order valence-electron chi connectivity index (χ4n) is 1.21. The summed E-state index contributed by atoms with van der Waals surface area (Å²) in [4.78, 5) is 15.6. The summed E-state index contributed by atoms with van der Waals surface area (Å²) in [5, 5.41) is 6.42. The lowest BCUT2D eigenvalue weighted by Gasteiger charge is -2.01. The second-order valence-corrected chi connectivity index (χ2v) is 3.41. The van der Waals surface area contributed by atoms with Crippen LogP contribution in [0.4, 0.5) is 5.82 Å². The van der Waals surface area contributed by atoms with E-state index in [4.69, 9.17) is 4.52 Å². The van der Waals surface area contributed by atoms with Crippen LogP contribution in [-0.4, -0.2) is 16.0 Å². The first kappa shape index (κ1) is 10.4. The van der Waals surface area contributed by atoms with E-state index in [0.29, 0.717) is 17.1 Å². The minimum Gasteiger partial charge on any atom is -0.359 e. The molecule has 0 aromatic carbocycles. The topological polar surface area (TPSA) is 68.0 Å². The molecular formula is C11H11N3O2. The summed E-state index contributed by atoms with van der Waals surface area (Å²) >= 11 is 0. The summed E-state index contributed by atoms with van der Waals surface area (Å²) in [6.45, 7) is 3.63. The number of carbonyl (C=O) groups is 1. The molecule has 82 valence electrons. The molecule has 0 saturated carbocycles. The van der Waals surface area contributed by atoms with Gasteiger partial charge in [0.2, 0.25) is 0 Å². The molecule has 0 spiro atoms. The first-order valence-corrected chi connectivity index (χ1v) is 4.82. The molecule has 0 fully saturated rings. The number of amides is 1. The Morgan fingerprint density at radius 3 is 2.81 bits per heavy atom. The van der Waals surface area contributed by atoms with Gasteiger partial charge in [0.05, 0.1) is 5.56 Å². The third kappa shape index (κ3) is 1.93. The predicted molar refractivity (Wildman–Crippen MR) is 58.2 cm³/mol. The Balaban J connectivity index is 2.17. The van der Waals surface area contributed by atoms with Crippen molar-refractivity contribution in [1.82, 2.24) is 10.1 Å². The number of aromatic nitrogens is 2. The summed E-state index contributed by atoms with van der Waals surface area (Å²) in [5.41, 5.74) is 1.32. The Morgan fingerprint density at radius 1 is 1.44 bits per heavy atom. The van der Waals surface area contributed by atoms with Crippen LogP contribution in [-0.2, 0) is 0 Å². The van der Waals surface area contributed by atoms with E-state index < -0.39 is 0 Å². The highest BCUT2D eigenvalue weighted by Crippen LogP contribution is 2.17. The number of nitrogens with one attached hydrogen (secondary N) is 1. The van der Waals surface area contributed by atoms with Gasteiger partial charge in [-0.15, -0.1) is 0 Å². The standard InChI is InChI=1S/C11H11N3O2/c1-7-8(2)16-14-10(7)13-11(15)9-4-3-5-12-6-9/h3-6H,1-2H3,(H,13,14,15). The van der Waals surface area contributed by atoms with Crippen molar-refractivity contribution < 1.29 is 9.32 Å². The van der Waals surface area contributed by atoms with Gasteiger partial charge in [-0.2, -0.15) is 0 Å². The Morgan fingerprint density at radius 2 is 2.25 bits per heavy atom. The van der Waals surface area contributed by atoms with Gasteiger partial charge in [-0.3, -0.25) is 9.78 Å². The lowest BCUT2D eigenvalue weighted by atomic mass is 10.2. The largest absolute Gasteiger partial charge is 0.359 e. The molecule has 2 aromatic heterocycles.